The van der Waals surface area contributed by atoms with Crippen molar-refractivity contribution in [3.05, 3.63) is 24.3 Å². The molecule has 0 bridgehead atoms. The van der Waals surface area contributed by atoms with E-state index in [4.69, 9.17) is 0 Å². The summed E-state index contributed by atoms with van der Waals surface area (Å²) in [5.41, 5.74) is 0.922. The first-order valence-corrected chi connectivity index (χ1v) is 5.89. The number of piperidine rings is 1. The Kier molecular flexibility index (Phi) is 2.52. The zero-order chi connectivity index (χ0) is 11.0. The second-order valence-corrected chi connectivity index (χ2v) is 4.77. The maximum Gasteiger partial charge on any atom is 0.143 e. The van der Waals surface area contributed by atoms with Gasteiger partial charge in [-0.25, -0.2) is 4.39 Å². The van der Waals surface area contributed by atoms with E-state index in [2.05, 4.69) is 15.2 Å². The number of hydrogen-bond donors (Lipinski definition) is 1. The average Bonchev–Trinajstić information content (AvgIpc) is 2.75. The molecule has 0 aromatic carbocycles. The van der Waals surface area contributed by atoms with Crippen LogP contribution in [0.5, 0.6) is 0 Å². The van der Waals surface area contributed by atoms with E-state index in [0.29, 0.717) is 0 Å². The monoisotopic (exact) mass is 221 g/mol. The first-order valence-electron chi connectivity index (χ1n) is 5.89. The Hall–Kier alpha value is -1.16. The molecule has 2 fully saturated rings. The second kappa shape index (κ2) is 4.01. The van der Waals surface area contributed by atoms with E-state index < -0.39 is 0 Å². The van der Waals surface area contributed by atoms with Gasteiger partial charge in [-0.1, -0.05) is 0 Å². The third-order valence-corrected chi connectivity index (χ3v) is 3.76. The first-order chi connectivity index (χ1) is 7.83. The highest BCUT2D eigenvalue weighted by atomic mass is 19.1. The number of rotatable bonds is 1. The number of nitrogens with one attached hydrogen (secondary N) is 1. The Morgan fingerprint density at radius 3 is 3.06 bits per heavy atom. The van der Waals surface area contributed by atoms with Crippen molar-refractivity contribution in [1.29, 1.82) is 0 Å². The quantitative estimate of drug-likeness (QED) is 0.774. The molecule has 2 aliphatic heterocycles. The van der Waals surface area contributed by atoms with Crippen molar-refractivity contribution in [2.75, 3.05) is 31.1 Å². The molecule has 0 radical (unpaired) electrons. The van der Waals surface area contributed by atoms with Gasteiger partial charge in [-0.3, -0.25) is 4.98 Å². The van der Waals surface area contributed by atoms with Crippen LogP contribution in [-0.2, 0) is 0 Å². The van der Waals surface area contributed by atoms with E-state index in [1.54, 1.807) is 12.3 Å². The van der Waals surface area contributed by atoms with Gasteiger partial charge in [0.2, 0.25) is 0 Å². The lowest BCUT2D eigenvalue weighted by atomic mass is 9.88. The predicted molar refractivity (Wildman–Crippen MR) is 60.9 cm³/mol. The maximum atomic E-state index is 13.1. The van der Waals surface area contributed by atoms with Crippen LogP contribution >= 0.6 is 0 Å². The van der Waals surface area contributed by atoms with Crippen molar-refractivity contribution in [3.8, 4) is 0 Å². The van der Waals surface area contributed by atoms with Crippen molar-refractivity contribution in [1.82, 2.24) is 10.3 Å². The van der Waals surface area contributed by atoms with Crippen molar-refractivity contribution in [3.63, 3.8) is 0 Å². The van der Waals surface area contributed by atoms with E-state index in [1.165, 1.54) is 12.6 Å². The lowest BCUT2D eigenvalue weighted by Crippen LogP contribution is -2.40. The van der Waals surface area contributed by atoms with Gasteiger partial charge in [0.15, 0.2) is 0 Å². The van der Waals surface area contributed by atoms with Crippen LogP contribution in [0.1, 0.15) is 6.42 Å². The van der Waals surface area contributed by atoms with Crippen LogP contribution in [0.4, 0.5) is 10.1 Å². The molecule has 0 saturated carbocycles. The van der Waals surface area contributed by atoms with Crippen LogP contribution in [0.3, 0.4) is 0 Å². The van der Waals surface area contributed by atoms with Gasteiger partial charge in [-0.05, 0) is 31.3 Å². The highest BCUT2D eigenvalue weighted by Gasteiger charge is 2.32. The molecule has 4 heteroatoms. The molecular weight excluding hydrogens is 205 g/mol. The highest BCUT2D eigenvalue weighted by molar-refractivity contribution is 5.44. The summed E-state index contributed by atoms with van der Waals surface area (Å²) in [5, 5.41) is 3.43. The zero-order valence-electron chi connectivity index (χ0n) is 9.19. The van der Waals surface area contributed by atoms with Crippen molar-refractivity contribution < 1.29 is 4.39 Å². The van der Waals surface area contributed by atoms with Gasteiger partial charge in [0.25, 0.3) is 0 Å². The molecule has 16 heavy (non-hydrogen) atoms. The molecule has 1 N–H and O–H groups in total. The Bertz CT molecular complexity index is 382. The third kappa shape index (κ3) is 1.78. The number of fused-ring (bicyclic) bond motifs is 1. The molecule has 0 amide bonds. The summed E-state index contributed by atoms with van der Waals surface area (Å²) >= 11 is 0. The van der Waals surface area contributed by atoms with Crippen LogP contribution in [0.2, 0.25) is 0 Å². The number of halogens is 1. The van der Waals surface area contributed by atoms with Crippen LogP contribution in [-0.4, -0.2) is 31.2 Å². The molecule has 86 valence electrons. The van der Waals surface area contributed by atoms with Gasteiger partial charge in [0, 0.05) is 19.2 Å². The number of hydrogen-bond acceptors (Lipinski definition) is 3. The fraction of sp³-hybridized carbons (Fsp3) is 0.583. The minimum Gasteiger partial charge on any atom is -0.370 e. The molecule has 1 aromatic rings. The topological polar surface area (TPSA) is 28.2 Å². The van der Waals surface area contributed by atoms with E-state index in [0.717, 1.165) is 43.7 Å². The normalized spacial score (nSPS) is 29.2. The van der Waals surface area contributed by atoms with E-state index in [1.807, 2.05) is 0 Å². The number of pyridine rings is 1. The molecule has 2 saturated heterocycles. The molecule has 0 unspecified atom stereocenters. The fourth-order valence-corrected chi connectivity index (χ4v) is 2.84. The molecular formula is C12H16FN3. The van der Waals surface area contributed by atoms with E-state index in [-0.39, 0.29) is 5.82 Å². The lowest BCUT2D eigenvalue weighted by molar-refractivity contribution is 0.348. The lowest BCUT2D eigenvalue weighted by Gasteiger charge is -2.35. The Labute approximate surface area is 94.7 Å². The molecule has 3 nitrogen and oxygen atoms in total. The maximum absolute atomic E-state index is 13.1. The third-order valence-electron chi connectivity index (χ3n) is 3.76. The van der Waals surface area contributed by atoms with Gasteiger partial charge in [0.1, 0.15) is 5.82 Å². The summed E-state index contributed by atoms with van der Waals surface area (Å²) in [6.07, 6.45) is 4.22. The summed E-state index contributed by atoms with van der Waals surface area (Å²) < 4.78 is 13.1. The fourth-order valence-electron chi connectivity index (χ4n) is 2.84. The molecule has 3 rings (SSSR count). The van der Waals surface area contributed by atoms with Crippen molar-refractivity contribution in [2.45, 2.75) is 6.42 Å². The van der Waals surface area contributed by atoms with Gasteiger partial charge >= 0.3 is 0 Å². The number of aromatic nitrogens is 1. The van der Waals surface area contributed by atoms with Gasteiger partial charge in [0.05, 0.1) is 18.1 Å². The van der Waals surface area contributed by atoms with Crippen LogP contribution in [0.25, 0.3) is 0 Å². The summed E-state index contributed by atoms with van der Waals surface area (Å²) in [6.45, 7) is 4.31. The van der Waals surface area contributed by atoms with Crippen LogP contribution < -0.4 is 10.2 Å². The first kappa shape index (κ1) is 10.0. The second-order valence-electron chi connectivity index (χ2n) is 4.77. The summed E-state index contributed by atoms with van der Waals surface area (Å²) in [6, 6.07) is 1.58. The Morgan fingerprint density at radius 2 is 2.19 bits per heavy atom. The van der Waals surface area contributed by atoms with Crippen molar-refractivity contribution >= 4 is 5.69 Å². The van der Waals surface area contributed by atoms with Gasteiger partial charge in [-0.15, -0.1) is 0 Å². The predicted octanol–water partition coefficient (Wildman–Crippen LogP) is 1.27. The van der Waals surface area contributed by atoms with Crippen LogP contribution in [0.15, 0.2) is 18.5 Å². The number of nitrogens with zero attached hydrogens (tertiary/aromatic N) is 2. The molecule has 0 spiro atoms. The Balaban J connectivity index is 1.76. The highest BCUT2D eigenvalue weighted by Crippen LogP contribution is 2.29. The average molecular weight is 221 g/mol. The molecule has 3 heterocycles. The van der Waals surface area contributed by atoms with Crippen LogP contribution in [0, 0.1) is 17.7 Å². The summed E-state index contributed by atoms with van der Waals surface area (Å²) in [5.74, 6) is 1.29. The van der Waals surface area contributed by atoms with Crippen molar-refractivity contribution in [2.24, 2.45) is 11.8 Å². The van der Waals surface area contributed by atoms with E-state index in [9.17, 15) is 4.39 Å². The van der Waals surface area contributed by atoms with Gasteiger partial charge < -0.3 is 10.2 Å². The molecule has 2 aliphatic rings. The minimum atomic E-state index is -0.246. The SMILES string of the molecule is Fc1cncc(N2CC[C@@H]3CNC[C@@H]3C2)c1. The number of anilines is 1. The summed E-state index contributed by atoms with van der Waals surface area (Å²) in [7, 11) is 0. The Morgan fingerprint density at radius 1 is 1.31 bits per heavy atom. The molecule has 1 aromatic heterocycles. The minimum absolute atomic E-state index is 0.246. The smallest absolute Gasteiger partial charge is 0.143 e. The molecule has 2 atom stereocenters. The largest absolute Gasteiger partial charge is 0.370 e. The standard InChI is InChI=1S/C12H16FN3/c13-11-3-12(7-15-6-11)16-2-1-9-4-14-5-10(9)8-16/h3,6-7,9-10,14H,1-2,4-5,8H2/t9-,10-/m1/s1. The summed E-state index contributed by atoms with van der Waals surface area (Å²) in [4.78, 5) is 6.17. The van der Waals surface area contributed by atoms with Gasteiger partial charge in [-0.2, -0.15) is 0 Å². The molecule has 0 aliphatic carbocycles. The zero-order valence-corrected chi connectivity index (χ0v) is 9.19. The van der Waals surface area contributed by atoms with E-state index >= 15 is 0 Å².